The number of hydrogen-bond donors (Lipinski definition) is 0. The molecule has 0 N–H and O–H groups in total. The molecule has 3 unspecified atom stereocenters. The molecule has 0 bridgehead atoms. The lowest BCUT2D eigenvalue weighted by Crippen LogP contribution is -2.41. The van der Waals surface area contributed by atoms with Crippen LogP contribution in [0.5, 0.6) is 0 Å². The van der Waals surface area contributed by atoms with Gasteiger partial charge in [0.15, 0.2) is 0 Å². The van der Waals surface area contributed by atoms with Gasteiger partial charge in [-0.25, -0.2) is 0 Å². The summed E-state index contributed by atoms with van der Waals surface area (Å²) in [6, 6.07) is 0. The number of carbonyl (C=O) groups is 1. The third-order valence-corrected chi connectivity index (χ3v) is 11.0. The molecule has 43 heavy (non-hydrogen) atoms. The first-order chi connectivity index (χ1) is 21.0. The van der Waals surface area contributed by atoms with Crippen LogP contribution in [0.25, 0.3) is 0 Å². The normalized spacial score (nSPS) is 24.6. The molecule has 3 atom stereocenters. The van der Waals surface area contributed by atoms with E-state index in [1.807, 2.05) is 0 Å². The summed E-state index contributed by atoms with van der Waals surface area (Å²) >= 11 is 0. The van der Waals surface area contributed by atoms with Crippen molar-refractivity contribution in [1.29, 1.82) is 0 Å². The average molecular weight is 598 g/mol. The third-order valence-electron chi connectivity index (χ3n) is 11.0. The molecule has 0 aromatic carbocycles. The summed E-state index contributed by atoms with van der Waals surface area (Å²) in [7, 11) is 0. The second kappa shape index (κ2) is 23.3. The molecule has 2 aliphatic carbocycles. The second-order valence-corrected chi connectivity index (χ2v) is 14.5. The number of hydrogen-bond acceptors (Lipinski definition) is 1. The van der Waals surface area contributed by atoms with Gasteiger partial charge in [0.1, 0.15) is 0 Å². The van der Waals surface area contributed by atoms with Gasteiger partial charge in [0, 0.05) is 17.3 Å². The highest BCUT2D eigenvalue weighted by Gasteiger charge is 2.36. The largest absolute Gasteiger partial charge is 0.288 e. The number of rotatable bonds is 15. The quantitative estimate of drug-likeness (QED) is 0.172. The lowest BCUT2D eigenvalue weighted by Gasteiger charge is -2.39. The minimum atomic E-state index is 0.178. The van der Waals surface area contributed by atoms with E-state index in [9.17, 15) is 0 Å². The lowest BCUT2D eigenvalue weighted by atomic mass is 9.81. The summed E-state index contributed by atoms with van der Waals surface area (Å²) < 4.78 is 0. The van der Waals surface area contributed by atoms with E-state index in [1.54, 1.807) is 5.57 Å². The van der Waals surface area contributed by atoms with Gasteiger partial charge in [-0.2, -0.15) is 0 Å². The van der Waals surface area contributed by atoms with Gasteiger partial charge in [-0.05, 0) is 83.0 Å². The molecule has 1 fully saturated rings. The topological polar surface area (TPSA) is 20.3 Å². The van der Waals surface area contributed by atoms with Crippen LogP contribution in [-0.2, 0) is 4.79 Å². The Kier molecular flexibility index (Phi) is 20.7. The van der Waals surface area contributed by atoms with E-state index in [1.165, 1.54) is 158 Å². The van der Waals surface area contributed by atoms with E-state index >= 15 is 4.79 Å². The minimum Gasteiger partial charge on any atom is -0.288 e. The number of nitrogens with zero attached hydrogens (tertiary/aromatic N) is 1. The zero-order chi connectivity index (χ0) is 31.3. The molecule has 250 valence electrons. The van der Waals surface area contributed by atoms with Crippen LogP contribution in [0.3, 0.4) is 0 Å². The highest BCUT2D eigenvalue weighted by molar-refractivity contribution is 5.83. The molecule has 0 saturated heterocycles. The standard InChI is InChI=1S/C41H75NO/c1-7-11-13-24-31-37(10-4)40(35(6)29-22-12-8-2)42(39-33-27-21-16-14-15-18-23-28-34(39)5)41(43)38-32-26-20-17-19-25-30-36(38)9-3/h35-36,38H,7-33H2,1-6H3/b39-34+,40-37+. The lowest BCUT2D eigenvalue weighted by molar-refractivity contribution is -0.134. The van der Waals surface area contributed by atoms with Gasteiger partial charge in [0.25, 0.3) is 0 Å². The van der Waals surface area contributed by atoms with Crippen molar-refractivity contribution < 1.29 is 4.79 Å². The van der Waals surface area contributed by atoms with Crippen molar-refractivity contribution in [2.75, 3.05) is 0 Å². The van der Waals surface area contributed by atoms with Crippen LogP contribution in [0, 0.1) is 17.8 Å². The molecule has 0 aromatic heterocycles. The highest BCUT2D eigenvalue weighted by Crippen LogP contribution is 2.40. The molecule has 0 aliphatic heterocycles. The Morgan fingerprint density at radius 3 is 1.93 bits per heavy atom. The Morgan fingerprint density at radius 1 is 0.721 bits per heavy atom. The molecule has 1 saturated carbocycles. The van der Waals surface area contributed by atoms with Crippen molar-refractivity contribution >= 4 is 5.91 Å². The molecule has 2 rings (SSSR count). The van der Waals surface area contributed by atoms with Crippen molar-refractivity contribution in [2.45, 2.75) is 215 Å². The Labute approximate surface area is 270 Å². The SMILES string of the molecule is CCCCCC/C(CC)=C(\C(C)CCCCC)N(C(=O)C1CCCCCCCC1CC)/C1=C(\C)CCCCCCCCC1. The summed E-state index contributed by atoms with van der Waals surface area (Å²) in [4.78, 5) is 17.9. The Bertz CT molecular complexity index is 807. The number of allylic oxidation sites excluding steroid dienone is 4. The van der Waals surface area contributed by atoms with Gasteiger partial charge >= 0.3 is 0 Å². The molecule has 0 heterocycles. The Hall–Kier alpha value is -1.05. The fourth-order valence-corrected chi connectivity index (χ4v) is 8.16. The molecule has 2 heteroatoms. The van der Waals surface area contributed by atoms with Crippen LogP contribution in [-0.4, -0.2) is 10.8 Å². The van der Waals surface area contributed by atoms with Crippen molar-refractivity contribution in [3.8, 4) is 0 Å². The summed E-state index contributed by atoms with van der Waals surface area (Å²) in [5.41, 5.74) is 6.00. The van der Waals surface area contributed by atoms with Gasteiger partial charge < -0.3 is 0 Å². The molecule has 0 spiro atoms. The second-order valence-electron chi connectivity index (χ2n) is 14.5. The van der Waals surface area contributed by atoms with E-state index in [-0.39, 0.29) is 5.92 Å². The van der Waals surface area contributed by atoms with Crippen molar-refractivity contribution in [3.63, 3.8) is 0 Å². The summed E-state index contributed by atoms with van der Waals surface area (Å²) in [6.45, 7) is 14.3. The van der Waals surface area contributed by atoms with E-state index in [0.29, 0.717) is 17.7 Å². The molecular formula is C41H75NO. The van der Waals surface area contributed by atoms with E-state index in [0.717, 1.165) is 32.1 Å². The van der Waals surface area contributed by atoms with Crippen molar-refractivity contribution in [1.82, 2.24) is 4.90 Å². The van der Waals surface area contributed by atoms with Gasteiger partial charge in [0.05, 0.1) is 0 Å². The van der Waals surface area contributed by atoms with Gasteiger partial charge in [-0.1, -0.05) is 155 Å². The molecule has 2 aliphatic rings. The van der Waals surface area contributed by atoms with Crippen molar-refractivity contribution in [2.24, 2.45) is 17.8 Å². The Morgan fingerprint density at radius 2 is 1.30 bits per heavy atom. The average Bonchev–Trinajstić information content (AvgIpc) is 3.10. The number of unbranched alkanes of at least 4 members (excludes halogenated alkanes) is 5. The summed E-state index contributed by atoms with van der Waals surface area (Å²) in [6.07, 6.45) is 34.0. The van der Waals surface area contributed by atoms with Crippen LogP contribution in [0.15, 0.2) is 22.5 Å². The van der Waals surface area contributed by atoms with Gasteiger partial charge in [-0.15, -0.1) is 0 Å². The maximum atomic E-state index is 15.4. The maximum absolute atomic E-state index is 15.4. The van der Waals surface area contributed by atoms with E-state index in [4.69, 9.17) is 0 Å². The number of carbonyl (C=O) groups excluding carboxylic acids is 1. The first-order valence-corrected chi connectivity index (χ1v) is 19.7. The van der Waals surface area contributed by atoms with Crippen LogP contribution >= 0.6 is 0 Å². The Balaban J connectivity index is 2.71. The minimum absolute atomic E-state index is 0.178. The van der Waals surface area contributed by atoms with Crippen LogP contribution < -0.4 is 0 Å². The van der Waals surface area contributed by atoms with E-state index in [2.05, 4.69) is 46.4 Å². The van der Waals surface area contributed by atoms with Gasteiger partial charge in [-0.3, -0.25) is 9.69 Å². The van der Waals surface area contributed by atoms with E-state index < -0.39 is 0 Å². The maximum Gasteiger partial charge on any atom is 0.234 e. The molecule has 0 aromatic rings. The molecule has 2 nitrogen and oxygen atoms in total. The molecule has 0 radical (unpaired) electrons. The fraction of sp³-hybridized carbons (Fsp3) is 0.878. The zero-order valence-electron chi connectivity index (χ0n) is 30.2. The first-order valence-electron chi connectivity index (χ1n) is 19.7. The first kappa shape index (κ1) is 38.1. The summed E-state index contributed by atoms with van der Waals surface area (Å²) in [5, 5.41) is 0. The predicted octanol–water partition coefficient (Wildman–Crippen LogP) is 13.9. The summed E-state index contributed by atoms with van der Waals surface area (Å²) in [5.74, 6) is 1.64. The third kappa shape index (κ3) is 13.5. The predicted molar refractivity (Wildman–Crippen MR) is 190 cm³/mol. The zero-order valence-corrected chi connectivity index (χ0v) is 30.2. The monoisotopic (exact) mass is 598 g/mol. The highest BCUT2D eigenvalue weighted by atomic mass is 16.2. The number of amides is 1. The molecular weight excluding hydrogens is 522 g/mol. The molecule has 1 amide bonds. The van der Waals surface area contributed by atoms with Crippen molar-refractivity contribution in [3.05, 3.63) is 22.5 Å². The fourth-order valence-electron chi connectivity index (χ4n) is 8.16. The van der Waals surface area contributed by atoms with Gasteiger partial charge in [0.2, 0.25) is 5.91 Å². The van der Waals surface area contributed by atoms with Crippen LogP contribution in [0.2, 0.25) is 0 Å². The van der Waals surface area contributed by atoms with Crippen LogP contribution in [0.1, 0.15) is 215 Å². The smallest absolute Gasteiger partial charge is 0.234 e. The van der Waals surface area contributed by atoms with Crippen LogP contribution in [0.4, 0.5) is 0 Å².